The van der Waals surface area contributed by atoms with Crippen LogP contribution in [0.2, 0.25) is 0 Å². The normalized spacial score (nSPS) is 13.7. The molecule has 2 aliphatic rings. The predicted molar refractivity (Wildman–Crippen MR) is 322 cm³/mol. The maximum absolute atomic E-state index is 7.13. The first kappa shape index (κ1) is 46.6. The van der Waals surface area contributed by atoms with Crippen LogP contribution in [0.4, 0.5) is 0 Å². The first-order valence-corrected chi connectivity index (χ1v) is 27.2. The van der Waals surface area contributed by atoms with Crippen LogP contribution in [0.25, 0.3) is 82.5 Å². The van der Waals surface area contributed by atoms with E-state index in [0.29, 0.717) is 0 Å². The topological polar surface area (TPSA) is 33.2 Å². The van der Waals surface area contributed by atoms with Gasteiger partial charge in [0.25, 0.3) is 6.71 Å². The fraction of sp³-hybridized carbons (Fsp3) is 0.229. The molecule has 0 spiro atoms. The SMILES string of the molecule is CC(C)(C)c1ccc2c(c1)B1c3cc(C(C)(C)C)ccc3Oc3cc(-n4c5ccccc5c5ccc6c7ccccc7n(-c7ccc(-n8c9ccc(C(C)(C)C)cc9c9cc(C(C)(C)C)ccc98)cc7)c6c54)cc(c31)O2. The molecule has 9 aromatic carbocycles. The van der Waals surface area contributed by atoms with Gasteiger partial charge in [0.1, 0.15) is 23.0 Å². The number of hydrogen-bond acceptors (Lipinski definition) is 2. The van der Waals surface area contributed by atoms with E-state index in [2.05, 4.69) is 267 Å². The van der Waals surface area contributed by atoms with Crippen LogP contribution < -0.4 is 25.9 Å². The van der Waals surface area contributed by atoms with Crippen LogP contribution >= 0.6 is 0 Å². The zero-order valence-electron chi connectivity index (χ0n) is 45.9. The molecule has 5 nitrogen and oxygen atoms in total. The molecule has 0 saturated carbocycles. The van der Waals surface area contributed by atoms with E-state index in [0.717, 1.165) is 67.6 Å². The summed E-state index contributed by atoms with van der Waals surface area (Å²) in [4.78, 5) is 0. The van der Waals surface area contributed by atoms with Gasteiger partial charge in [0.2, 0.25) is 0 Å². The maximum atomic E-state index is 7.13. The lowest BCUT2D eigenvalue weighted by Crippen LogP contribution is -2.57. The first-order chi connectivity index (χ1) is 36.2. The van der Waals surface area contributed by atoms with Crippen molar-refractivity contribution < 1.29 is 9.47 Å². The summed E-state index contributed by atoms with van der Waals surface area (Å²) in [7, 11) is 0. The van der Waals surface area contributed by atoms with Crippen molar-refractivity contribution in [1.82, 2.24) is 13.7 Å². The average molecular weight is 990 g/mol. The zero-order valence-corrected chi connectivity index (χ0v) is 45.9. The monoisotopic (exact) mass is 990 g/mol. The van der Waals surface area contributed by atoms with Crippen LogP contribution in [0.1, 0.15) is 105 Å². The third kappa shape index (κ3) is 6.91. The minimum atomic E-state index is -0.0593. The standard InChI is InChI=1S/C70H64BN3O2/c1-67(2,3)41-21-31-58-52(35-41)53-36-42(68(4,5)6)22-32-59(53)72(58)45-25-27-46(28-26-45)73-56-19-15-13-17-48(56)50-29-30-51-49-18-14-16-20-57(49)74(66(51)65(50)73)47-39-62-64-63(40-47)76-61-34-24-44(70(10,11)12)38-55(61)71(64)54-37-43(69(7,8)9)23-33-60(54)75-62/h13-40H,1-12H3. The van der Waals surface area contributed by atoms with Gasteiger partial charge in [0.15, 0.2) is 0 Å². The molecule has 0 amide bonds. The molecule has 12 aromatic rings. The van der Waals surface area contributed by atoms with Crippen LogP contribution in [0.5, 0.6) is 23.0 Å². The number of ether oxygens (including phenoxy) is 2. The van der Waals surface area contributed by atoms with Gasteiger partial charge in [0, 0.05) is 61.3 Å². The molecule has 0 aliphatic carbocycles. The molecule has 76 heavy (non-hydrogen) atoms. The molecule has 0 bridgehead atoms. The Labute approximate surface area is 446 Å². The predicted octanol–water partition coefficient (Wildman–Crippen LogP) is 16.9. The molecule has 0 N–H and O–H groups in total. The summed E-state index contributed by atoms with van der Waals surface area (Å²) in [5, 5.41) is 7.35. The van der Waals surface area contributed by atoms with Crippen LogP contribution in [-0.4, -0.2) is 20.4 Å². The van der Waals surface area contributed by atoms with Crippen molar-refractivity contribution in [2.75, 3.05) is 0 Å². The lowest BCUT2D eigenvalue weighted by Gasteiger charge is -2.35. The van der Waals surface area contributed by atoms with Gasteiger partial charge in [-0.15, -0.1) is 0 Å². The quantitative estimate of drug-likeness (QED) is 0.165. The highest BCUT2D eigenvalue weighted by atomic mass is 16.5. The van der Waals surface area contributed by atoms with Gasteiger partial charge in [-0.1, -0.05) is 168 Å². The number of benzene rings is 9. The minimum Gasteiger partial charge on any atom is -0.458 e. The van der Waals surface area contributed by atoms with Crippen molar-refractivity contribution in [3.63, 3.8) is 0 Å². The van der Waals surface area contributed by atoms with Crippen molar-refractivity contribution in [1.29, 1.82) is 0 Å². The highest BCUT2D eigenvalue weighted by Gasteiger charge is 2.42. The van der Waals surface area contributed by atoms with Gasteiger partial charge in [-0.2, -0.15) is 0 Å². The second kappa shape index (κ2) is 15.8. The van der Waals surface area contributed by atoms with Gasteiger partial charge in [0.05, 0.1) is 38.8 Å². The van der Waals surface area contributed by atoms with Crippen LogP contribution in [0, 0.1) is 0 Å². The summed E-state index contributed by atoms with van der Waals surface area (Å²) in [6, 6.07) is 63.9. The molecule has 374 valence electrons. The highest BCUT2D eigenvalue weighted by Crippen LogP contribution is 2.45. The number of hydrogen-bond donors (Lipinski definition) is 0. The molecule has 2 aliphatic heterocycles. The van der Waals surface area contributed by atoms with Crippen LogP contribution in [-0.2, 0) is 21.7 Å². The molecule has 5 heterocycles. The number of fused-ring (bicyclic) bond motifs is 14. The Hall–Kier alpha value is -7.96. The number of rotatable bonds is 3. The van der Waals surface area contributed by atoms with E-state index in [4.69, 9.17) is 9.47 Å². The molecule has 0 fully saturated rings. The minimum absolute atomic E-state index is 0.0261. The Morgan fingerprint density at radius 3 is 1.11 bits per heavy atom. The third-order valence-corrected chi connectivity index (χ3v) is 16.8. The van der Waals surface area contributed by atoms with Crippen molar-refractivity contribution >= 4 is 88.5 Å². The average Bonchev–Trinajstić information content (AvgIpc) is 4.18. The van der Waals surface area contributed by atoms with Crippen molar-refractivity contribution in [3.05, 3.63) is 192 Å². The van der Waals surface area contributed by atoms with Gasteiger partial charge in [-0.3, -0.25) is 0 Å². The Morgan fingerprint density at radius 1 is 0.303 bits per heavy atom. The Bertz CT molecular complexity index is 4280. The summed E-state index contributed by atoms with van der Waals surface area (Å²) in [6.45, 7) is 27.5. The molecule has 0 saturated heterocycles. The van der Waals surface area contributed by atoms with E-state index in [1.54, 1.807) is 0 Å². The van der Waals surface area contributed by atoms with Gasteiger partial charge in [-0.05, 0) is 128 Å². The number of aromatic nitrogens is 3. The molecule has 0 atom stereocenters. The van der Waals surface area contributed by atoms with E-state index in [1.807, 2.05) is 0 Å². The maximum Gasteiger partial charge on any atom is 0.260 e. The fourth-order valence-electron chi connectivity index (χ4n) is 12.6. The highest BCUT2D eigenvalue weighted by molar-refractivity contribution is 6.98. The van der Waals surface area contributed by atoms with Gasteiger partial charge in [-0.25, -0.2) is 0 Å². The molecule has 0 unspecified atom stereocenters. The summed E-state index contributed by atoms with van der Waals surface area (Å²) in [6.07, 6.45) is 0. The third-order valence-electron chi connectivity index (χ3n) is 16.8. The lowest BCUT2D eigenvalue weighted by atomic mass is 9.34. The van der Waals surface area contributed by atoms with E-state index < -0.39 is 0 Å². The van der Waals surface area contributed by atoms with E-state index in [-0.39, 0.29) is 28.4 Å². The summed E-state index contributed by atoms with van der Waals surface area (Å²) in [5.74, 6) is 3.43. The van der Waals surface area contributed by atoms with Crippen molar-refractivity contribution in [2.45, 2.75) is 105 Å². The van der Waals surface area contributed by atoms with Gasteiger partial charge < -0.3 is 23.2 Å². The Balaban J connectivity index is 0.992. The smallest absolute Gasteiger partial charge is 0.260 e. The van der Waals surface area contributed by atoms with E-state index in [1.165, 1.54) is 76.5 Å². The summed E-state index contributed by atoms with van der Waals surface area (Å²) < 4.78 is 21.7. The number of nitrogens with zero attached hydrogens (tertiary/aromatic N) is 3. The lowest BCUT2D eigenvalue weighted by molar-refractivity contribution is 0.463. The summed E-state index contributed by atoms with van der Waals surface area (Å²) >= 11 is 0. The van der Waals surface area contributed by atoms with Crippen molar-refractivity contribution in [3.8, 4) is 40.1 Å². The van der Waals surface area contributed by atoms with Crippen molar-refractivity contribution in [2.24, 2.45) is 0 Å². The fourth-order valence-corrected chi connectivity index (χ4v) is 12.6. The molecule has 0 radical (unpaired) electrons. The first-order valence-electron chi connectivity index (χ1n) is 27.2. The molecule has 14 rings (SSSR count). The molecular formula is C70H64BN3O2. The molecule has 6 heteroatoms. The molecular weight excluding hydrogens is 926 g/mol. The summed E-state index contributed by atoms with van der Waals surface area (Å²) in [5.41, 5.74) is 18.9. The van der Waals surface area contributed by atoms with E-state index in [9.17, 15) is 0 Å². The second-order valence-electron chi connectivity index (χ2n) is 25.9. The largest absolute Gasteiger partial charge is 0.458 e. The van der Waals surface area contributed by atoms with Crippen LogP contribution in [0.3, 0.4) is 0 Å². The Morgan fingerprint density at radius 2 is 0.671 bits per heavy atom. The number of para-hydroxylation sites is 2. The van der Waals surface area contributed by atoms with Gasteiger partial charge >= 0.3 is 0 Å². The zero-order chi connectivity index (χ0) is 52.5. The van der Waals surface area contributed by atoms with Crippen LogP contribution in [0.15, 0.2) is 170 Å². The molecule has 3 aromatic heterocycles. The second-order valence-corrected chi connectivity index (χ2v) is 25.9. The van der Waals surface area contributed by atoms with E-state index >= 15 is 0 Å². The Kier molecular flexibility index (Phi) is 9.68.